The Labute approximate surface area is 56.5 Å². The van der Waals surface area contributed by atoms with E-state index in [-0.39, 0.29) is 26.0 Å². The van der Waals surface area contributed by atoms with Gasteiger partial charge >= 0.3 is 56.4 Å². The van der Waals surface area contributed by atoms with Crippen molar-refractivity contribution in [1.82, 2.24) is 3.53 Å². The van der Waals surface area contributed by atoms with E-state index in [0.29, 0.717) is 0 Å². The van der Waals surface area contributed by atoms with Crippen LogP contribution in [0.1, 0.15) is 6.92 Å². The third-order valence-corrected chi connectivity index (χ3v) is 3.22. The summed E-state index contributed by atoms with van der Waals surface area (Å²) >= 11 is -0.0952. The van der Waals surface area contributed by atoms with Crippen LogP contribution in [-0.4, -0.2) is 12.2 Å². The summed E-state index contributed by atoms with van der Waals surface area (Å²) in [6, 6.07) is 0. The van der Waals surface area contributed by atoms with Crippen molar-refractivity contribution in [3.63, 3.8) is 0 Å². The Balaban J connectivity index is 2.82. The molecule has 0 fully saturated rings. The van der Waals surface area contributed by atoms with Crippen molar-refractivity contribution in [3.05, 3.63) is 0 Å². The average molecular weight is 232 g/mol. The minimum absolute atomic E-state index is 0.0853. The zero-order chi connectivity index (χ0) is 5.70. The van der Waals surface area contributed by atoms with Gasteiger partial charge in [-0.25, -0.2) is 0 Å². The number of hydrogen-bond donors (Lipinski definition) is 1. The van der Waals surface area contributed by atoms with Gasteiger partial charge in [0.25, 0.3) is 0 Å². The maximum absolute atomic E-state index is 10.1. The molecule has 7 heavy (non-hydrogen) atoms. The number of rotatable bonds is 2. The second kappa shape index (κ2) is 4.70. The molecule has 0 bridgehead atoms. The molecular formula is C3H7INOS-. The average Bonchev–Trinajstić information content (AvgIpc) is 1.61. The van der Waals surface area contributed by atoms with Gasteiger partial charge in [-0.15, -0.1) is 0 Å². The van der Waals surface area contributed by atoms with E-state index in [1.54, 1.807) is 8.93 Å². The standard InChI is InChI=1S/C3H7INOS/c1-3(6)5-4-7-2/h1-2H3,(H,5,6)/q-1. The van der Waals surface area contributed by atoms with Gasteiger partial charge in [-0.1, -0.05) is 0 Å². The fourth-order valence-corrected chi connectivity index (χ4v) is 1.87. The molecule has 0 heterocycles. The molecule has 0 aliphatic carbocycles. The van der Waals surface area contributed by atoms with E-state index in [1.165, 1.54) is 6.92 Å². The number of amides is 1. The first kappa shape index (κ1) is 7.55. The molecule has 0 spiro atoms. The van der Waals surface area contributed by atoms with Gasteiger partial charge in [-0.05, 0) is 0 Å². The molecule has 0 atom stereocenters. The van der Waals surface area contributed by atoms with Crippen LogP contribution in [0.5, 0.6) is 0 Å². The Morgan fingerprint density at radius 1 is 1.86 bits per heavy atom. The van der Waals surface area contributed by atoms with Crippen LogP contribution in [0.3, 0.4) is 0 Å². The molecule has 0 aromatic heterocycles. The first-order valence-electron chi connectivity index (χ1n) is 1.71. The van der Waals surface area contributed by atoms with Crippen molar-refractivity contribution in [2.75, 3.05) is 6.26 Å². The Morgan fingerprint density at radius 2 is 2.43 bits per heavy atom. The number of halogens is 1. The SMILES string of the molecule is CS[I-]NC(C)=O. The van der Waals surface area contributed by atoms with Crippen LogP contribution in [0.25, 0.3) is 0 Å². The zero-order valence-corrected chi connectivity index (χ0v) is 7.17. The van der Waals surface area contributed by atoms with Crippen molar-refractivity contribution in [2.24, 2.45) is 0 Å². The van der Waals surface area contributed by atoms with Crippen molar-refractivity contribution in [3.8, 4) is 0 Å². The fraction of sp³-hybridized carbons (Fsp3) is 0.667. The zero-order valence-electron chi connectivity index (χ0n) is 4.19. The molecule has 0 aromatic rings. The molecule has 0 unspecified atom stereocenters. The third kappa shape index (κ3) is 6.55. The Morgan fingerprint density at radius 3 is 2.57 bits per heavy atom. The summed E-state index contributed by atoms with van der Waals surface area (Å²) in [5, 5.41) is 0. The van der Waals surface area contributed by atoms with E-state index >= 15 is 0 Å². The Kier molecular flexibility index (Phi) is 5.07. The topological polar surface area (TPSA) is 29.1 Å². The number of nitrogens with one attached hydrogen (secondary N) is 1. The fourth-order valence-electron chi connectivity index (χ4n) is 0.0929. The summed E-state index contributed by atoms with van der Waals surface area (Å²) in [5.41, 5.74) is 0. The van der Waals surface area contributed by atoms with Crippen molar-refractivity contribution in [1.29, 1.82) is 0 Å². The molecule has 0 saturated carbocycles. The van der Waals surface area contributed by atoms with E-state index in [4.69, 9.17) is 0 Å². The number of carbonyl (C=O) groups excluding carboxylic acids is 1. The summed E-state index contributed by atoms with van der Waals surface area (Å²) in [6.45, 7) is 1.54. The Bertz CT molecular complexity index is 68.0. The predicted molar refractivity (Wildman–Crippen MR) is 27.3 cm³/mol. The molecule has 1 amide bonds. The summed E-state index contributed by atoms with van der Waals surface area (Å²) in [5.74, 6) is 0.0853. The maximum atomic E-state index is 10.1. The van der Waals surface area contributed by atoms with Crippen LogP contribution in [0.2, 0.25) is 0 Å². The number of hydrogen-bond acceptors (Lipinski definition) is 2. The molecule has 0 rings (SSSR count). The molecule has 2 nitrogen and oxygen atoms in total. The molecule has 0 aliphatic heterocycles. The molecule has 0 aromatic carbocycles. The van der Waals surface area contributed by atoms with E-state index in [0.717, 1.165) is 0 Å². The van der Waals surface area contributed by atoms with Gasteiger partial charge in [0.15, 0.2) is 0 Å². The van der Waals surface area contributed by atoms with Gasteiger partial charge < -0.3 is 0 Å². The van der Waals surface area contributed by atoms with Crippen LogP contribution in [0.15, 0.2) is 0 Å². The third-order valence-electron chi connectivity index (χ3n) is 0.249. The van der Waals surface area contributed by atoms with E-state index in [9.17, 15) is 4.79 Å². The summed E-state index contributed by atoms with van der Waals surface area (Å²) in [6.07, 6.45) is 1.99. The van der Waals surface area contributed by atoms with Gasteiger partial charge in [0.2, 0.25) is 0 Å². The van der Waals surface area contributed by atoms with Gasteiger partial charge in [-0.3, -0.25) is 0 Å². The molecule has 0 aliphatic rings. The van der Waals surface area contributed by atoms with Crippen LogP contribution in [0, 0.1) is 0 Å². The second-order valence-electron chi connectivity index (χ2n) is 0.882. The van der Waals surface area contributed by atoms with Crippen molar-refractivity contribution in [2.45, 2.75) is 6.92 Å². The van der Waals surface area contributed by atoms with Crippen LogP contribution in [-0.2, 0) is 4.79 Å². The van der Waals surface area contributed by atoms with Crippen molar-refractivity contribution >= 4 is 14.8 Å². The first-order chi connectivity index (χ1) is 3.27. The second-order valence-corrected chi connectivity index (χ2v) is 5.85. The molecule has 4 heteroatoms. The normalized spacial score (nSPS) is 8.86. The monoisotopic (exact) mass is 232 g/mol. The molecule has 1 N–H and O–H groups in total. The van der Waals surface area contributed by atoms with E-state index in [1.807, 2.05) is 6.26 Å². The van der Waals surface area contributed by atoms with Gasteiger partial charge in [0.05, 0.1) is 0 Å². The van der Waals surface area contributed by atoms with Crippen LogP contribution < -0.4 is 23.6 Å². The summed E-state index contributed by atoms with van der Waals surface area (Å²) in [7, 11) is 1.71. The molecular weight excluding hydrogens is 225 g/mol. The summed E-state index contributed by atoms with van der Waals surface area (Å²) in [4.78, 5) is 10.1. The Hall–Kier alpha value is 0.550. The molecule has 0 saturated heterocycles. The van der Waals surface area contributed by atoms with Crippen molar-refractivity contribution < 1.29 is 24.9 Å². The molecule has 0 radical (unpaired) electrons. The first-order valence-corrected chi connectivity index (χ1v) is 6.55. The number of carbonyl (C=O) groups is 1. The van der Waals surface area contributed by atoms with E-state index in [2.05, 4.69) is 3.53 Å². The van der Waals surface area contributed by atoms with Gasteiger partial charge in [-0.2, -0.15) is 0 Å². The summed E-state index contributed by atoms with van der Waals surface area (Å²) < 4.78 is 2.73. The predicted octanol–water partition coefficient (Wildman–Crippen LogP) is -2.60. The quantitative estimate of drug-likeness (QED) is 0.418. The van der Waals surface area contributed by atoms with Gasteiger partial charge in [0, 0.05) is 0 Å². The van der Waals surface area contributed by atoms with Crippen LogP contribution in [0.4, 0.5) is 0 Å². The molecule has 44 valence electrons. The minimum atomic E-state index is -0.0952. The van der Waals surface area contributed by atoms with Crippen LogP contribution >= 0.6 is 8.93 Å². The van der Waals surface area contributed by atoms with E-state index < -0.39 is 0 Å². The van der Waals surface area contributed by atoms with Gasteiger partial charge in [0.1, 0.15) is 0 Å².